The number of carbonyl (C=O) groups excluding carboxylic acids is 1. The number of ketones is 1. The van der Waals surface area contributed by atoms with E-state index in [4.69, 9.17) is 0 Å². The highest BCUT2D eigenvalue weighted by Crippen LogP contribution is 2.53. The van der Waals surface area contributed by atoms with Crippen molar-refractivity contribution in [1.29, 1.82) is 0 Å². The summed E-state index contributed by atoms with van der Waals surface area (Å²) in [7, 11) is 0. The van der Waals surface area contributed by atoms with Gasteiger partial charge < -0.3 is 5.11 Å². The van der Waals surface area contributed by atoms with Gasteiger partial charge in [-0.2, -0.15) is 0 Å². The van der Waals surface area contributed by atoms with E-state index in [-0.39, 0.29) is 10.8 Å². The maximum atomic E-state index is 11.7. The number of aliphatic carboxylic acids is 1. The Kier molecular flexibility index (Phi) is 7.80. The van der Waals surface area contributed by atoms with Gasteiger partial charge in [0.05, 0.1) is 5.41 Å². The molecule has 0 aliphatic carbocycles. The number of Topliss-reactive ketones (excluding diaryl/α,β-unsaturated/α-hetero) is 1. The van der Waals surface area contributed by atoms with Crippen molar-refractivity contribution in [3.05, 3.63) is 0 Å². The predicted molar refractivity (Wildman–Crippen MR) is 92.0 cm³/mol. The molecule has 0 aromatic carbocycles. The minimum atomic E-state index is -0.784. The first-order valence-electron chi connectivity index (χ1n) is 8.65. The third-order valence-corrected chi connectivity index (χ3v) is 6.11. The Bertz CT molecular complexity index is 378. The molecular formula is C19H36O3. The molecule has 0 bridgehead atoms. The van der Waals surface area contributed by atoms with Crippen LogP contribution in [0.4, 0.5) is 0 Å². The molecule has 3 nitrogen and oxygen atoms in total. The van der Waals surface area contributed by atoms with Gasteiger partial charge in [0, 0.05) is 12.8 Å². The van der Waals surface area contributed by atoms with Crippen molar-refractivity contribution in [1.82, 2.24) is 0 Å². The predicted octanol–water partition coefficient (Wildman–Crippen LogP) is 5.47. The third-order valence-electron chi connectivity index (χ3n) is 6.11. The Morgan fingerprint density at radius 3 is 1.82 bits per heavy atom. The van der Waals surface area contributed by atoms with Gasteiger partial charge in [-0.25, -0.2) is 0 Å². The summed E-state index contributed by atoms with van der Waals surface area (Å²) in [4.78, 5) is 23.3. The summed E-state index contributed by atoms with van der Waals surface area (Å²) in [6.07, 6.45) is 6.26. The zero-order chi connectivity index (χ0) is 17.6. The van der Waals surface area contributed by atoms with Crippen LogP contribution in [0, 0.1) is 16.2 Å². The maximum Gasteiger partial charge on any atom is 0.309 e. The molecular weight excluding hydrogens is 276 g/mol. The van der Waals surface area contributed by atoms with Crippen LogP contribution in [0.3, 0.4) is 0 Å². The number of rotatable bonds is 11. The molecule has 0 unspecified atom stereocenters. The number of hydrogen-bond donors (Lipinski definition) is 1. The van der Waals surface area contributed by atoms with Gasteiger partial charge in [0.15, 0.2) is 0 Å². The van der Waals surface area contributed by atoms with Crippen molar-refractivity contribution in [2.24, 2.45) is 16.2 Å². The van der Waals surface area contributed by atoms with E-state index >= 15 is 0 Å². The van der Waals surface area contributed by atoms with Crippen LogP contribution in [0.15, 0.2) is 0 Å². The standard InChI is InChI=1S/C19H36O3/c1-8-9-12-15(20)13-10-11-14-17(2,3)19(6,7)18(4,5)16(21)22/h8-14H2,1-7H3,(H,21,22). The lowest BCUT2D eigenvalue weighted by Crippen LogP contribution is -2.48. The lowest BCUT2D eigenvalue weighted by molar-refractivity contribution is -0.160. The van der Waals surface area contributed by atoms with Crippen molar-refractivity contribution >= 4 is 11.8 Å². The third kappa shape index (κ3) is 5.10. The van der Waals surface area contributed by atoms with Gasteiger partial charge in [0.1, 0.15) is 5.78 Å². The molecule has 3 heteroatoms. The number of unbranched alkanes of at least 4 members (excludes halogenated alkanes) is 2. The molecule has 0 aromatic rings. The summed E-state index contributed by atoms with van der Waals surface area (Å²) in [6, 6.07) is 0. The molecule has 1 N–H and O–H groups in total. The van der Waals surface area contributed by atoms with Crippen molar-refractivity contribution in [3.8, 4) is 0 Å². The Labute approximate surface area is 136 Å². The summed E-state index contributed by atoms with van der Waals surface area (Å²) in [5.41, 5.74) is -1.22. The minimum absolute atomic E-state index is 0.0959. The van der Waals surface area contributed by atoms with Crippen LogP contribution >= 0.6 is 0 Å². The minimum Gasteiger partial charge on any atom is -0.481 e. The second-order valence-electron chi connectivity index (χ2n) is 8.29. The molecule has 0 spiro atoms. The average Bonchev–Trinajstić information content (AvgIpc) is 2.40. The normalized spacial score (nSPS) is 13.2. The molecule has 0 atom stereocenters. The van der Waals surface area contributed by atoms with Crippen LogP contribution in [0.25, 0.3) is 0 Å². The fourth-order valence-electron chi connectivity index (χ4n) is 2.81. The highest BCUT2D eigenvalue weighted by atomic mass is 16.4. The van der Waals surface area contributed by atoms with Crippen LogP contribution in [0.2, 0.25) is 0 Å². The Hall–Kier alpha value is -0.860. The summed E-state index contributed by atoms with van der Waals surface area (Å²) in [5.74, 6) is -0.384. The van der Waals surface area contributed by atoms with Gasteiger partial charge in [0.25, 0.3) is 0 Å². The van der Waals surface area contributed by atoms with Crippen molar-refractivity contribution in [2.45, 2.75) is 93.4 Å². The van der Waals surface area contributed by atoms with Crippen LogP contribution < -0.4 is 0 Å². The van der Waals surface area contributed by atoms with Gasteiger partial charge in [-0.3, -0.25) is 9.59 Å². The second kappa shape index (κ2) is 8.12. The van der Waals surface area contributed by atoms with E-state index < -0.39 is 11.4 Å². The van der Waals surface area contributed by atoms with Gasteiger partial charge in [-0.15, -0.1) is 0 Å². The number of carbonyl (C=O) groups is 2. The van der Waals surface area contributed by atoms with E-state index in [1.165, 1.54) is 0 Å². The summed E-state index contributed by atoms with van der Waals surface area (Å²) in [5, 5.41) is 9.52. The fourth-order valence-corrected chi connectivity index (χ4v) is 2.81. The molecule has 0 amide bonds. The Morgan fingerprint density at radius 1 is 0.864 bits per heavy atom. The molecule has 0 heterocycles. The van der Waals surface area contributed by atoms with Crippen molar-refractivity contribution < 1.29 is 14.7 Å². The van der Waals surface area contributed by atoms with E-state index in [9.17, 15) is 14.7 Å². The molecule has 130 valence electrons. The Morgan fingerprint density at radius 2 is 1.36 bits per heavy atom. The zero-order valence-corrected chi connectivity index (χ0v) is 15.7. The van der Waals surface area contributed by atoms with Crippen LogP contribution in [-0.2, 0) is 9.59 Å². The highest BCUT2D eigenvalue weighted by molar-refractivity contribution is 5.78. The maximum absolute atomic E-state index is 11.7. The molecule has 0 aromatic heterocycles. The molecule has 0 aliphatic rings. The van der Waals surface area contributed by atoms with Gasteiger partial charge in [0.2, 0.25) is 0 Å². The van der Waals surface area contributed by atoms with E-state index in [1.54, 1.807) is 0 Å². The lowest BCUT2D eigenvalue weighted by Gasteiger charge is -2.50. The van der Waals surface area contributed by atoms with Gasteiger partial charge in [-0.05, 0) is 43.9 Å². The summed E-state index contributed by atoms with van der Waals surface area (Å²) < 4.78 is 0. The van der Waals surface area contributed by atoms with Crippen molar-refractivity contribution in [3.63, 3.8) is 0 Å². The van der Waals surface area contributed by atoms with E-state index in [1.807, 2.05) is 27.7 Å². The number of carboxylic acid groups (broad SMARTS) is 1. The first kappa shape index (κ1) is 21.1. The molecule has 0 fully saturated rings. The Balaban J connectivity index is 4.52. The fraction of sp³-hybridized carbons (Fsp3) is 0.895. The lowest BCUT2D eigenvalue weighted by atomic mass is 9.53. The zero-order valence-electron chi connectivity index (χ0n) is 15.7. The summed E-state index contributed by atoms with van der Waals surface area (Å²) >= 11 is 0. The number of carboxylic acids is 1. The molecule has 0 saturated carbocycles. The first-order valence-corrected chi connectivity index (χ1v) is 8.65. The molecule has 0 radical (unpaired) electrons. The number of hydrogen-bond acceptors (Lipinski definition) is 2. The van der Waals surface area contributed by atoms with E-state index in [0.29, 0.717) is 18.6 Å². The molecule has 22 heavy (non-hydrogen) atoms. The average molecular weight is 312 g/mol. The molecule has 0 rings (SSSR count). The second-order valence-corrected chi connectivity index (χ2v) is 8.29. The summed E-state index contributed by atoms with van der Waals surface area (Å²) in [6.45, 7) is 14.1. The molecule has 0 saturated heterocycles. The largest absolute Gasteiger partial charge is 0.481 e. The van der Waals surface area contributed by atoms with E-state index in [0.717, 1.165) is 32.1 Å². The highest BCUT2D eigenvalue weighted by Gasteiger charge is 2.51. The SMILES string of the molecule is CCCCC(=O)CCCCC(C)(C)C(C)(C)C(C)(C)C(=O)O. The van der Waals surface area contributed by atoms with Crippen LogP contribution in [0.1, 0.15) is 93.4 Å². The monoisotopic (exact) mass is 312 g/mol. The quantitative estimate of drug-likeness (QED) is 0.515. The topological polar surface area (TPSA) is 54.4 Å². The van der Waals surface area contributed by atoms with Crippen LogP contribution in [0.5, 0.6) is 0 Å². The molecule has 0 aliphatic heterocycles. The van der Waals surface area contributed by atoms with Crippen molar-refractivity contribution in [2.75, 3.05) is 0 Å². The van der Waals surface area contributed by atoms with Gasteiger partial charge >= 0.3 is 5.97 Å². The van der Waals surface area contributed by atoms with Gasteiger partial charge in [-0.1, -0.05) is 47.5 Å². The smallest absolute Gasteiger partial charge is 0.309 e. The van der Waals surface area contributed by atoms with Crippen LogP contribution in [-0.4, -0.2) is 16.9 Å². The first-order chi connectivity index (χ1) is 9.90. The van der Waals surface area contributed by atoms with E-state index in [2.05, 4.69) is 20.8 Å².